The van der Waals surface area contributed by atoms with Crippen molar-refractivity contribution >= 4 is 29.9 Å². The number of hydrogen-bond donors (Lipinski definition) is 2. The number of aromatic nitrogens is 2. The van der Waals surface area contributed by atoms with Gasteiger partial charge in [-0.25, -0.2) is 0 Å². The van der Waals surface area contributed by atoms with Crippen molar-refractivity contribution in [2.24, 2.45) is 4.99 Å². The third-order valence-electron chi connectivity index (χ3n) is 3.86. The van der Waals surface area contributed by atoms with Crippen LogP contribution in [0.1, 0.15) is 17.0 Å². The number of halogens is 1. The highest BCUT2D eigenvalue weighted by molar-refractivity contribution is 14.0. The van der Waals surface area contributed by atoms with E-state index < -0.39 is 0 Å². The Kier molecular flexibility index (Phi) is 9.20. The smallest absolute Gasteiger partial charge is 0.191 e. The van der Waals surface area contributed by atoms with Gasteiger partial charge in [0.15, 0.2) is 5.96 Å². The van der Waals surface area contributed by atoms with Crippen molar-refractivity contribution in [2.75, 3.05) is 7.05 Å². The normalized spacial score (nSPS) is 10.7. The number of nitrogens with zero attached hydrogens (tertiary/aromatic N) is 3. The Morgan fingerprint density at radius 3 is 2.29 bits per heavy atom. The van der Waals surface area contributed by atoms with Gasteiger partial charge >= 0.3 is 0 Å². The maximum atomic E-state index is 5.83. The Bertz CT molecular complexity index is 859. The van der Waals surface area contributed by atoms with Crippen LogP contribution < -0.4 is 15.4 Å². The molecule has 0 aliphatic heterocycles. The van der Waals surface area contributed by atoms with E-state index in [1.807, 2.05) is 60.7 Å². The first-order valence-corrected chi connectivity index (χ1v) is 8.79. The van der Waals surface area contributed by atoms with E-state index in [-0.39, 0.29) is 24.0 Å². The molecule has 0 aliphatic carbocycles. The minimum Gasteiger partial charge on any atom is -0.487 e. The third kappa shape index (κ3) is 7.15. The maximum absolute atomic E-state index is 5.83. The second-order valence-electron chi connectivity index (χ2n) is 5.86. The molecule has 0 atom stereocenters. The molecular weight excluding hydrogens is 465 g/mol. The molecule has 0 saturated heterocycles. The van der Waals surface area contributed by atoms with Gasteiger partial charge < -0.3 is 15.4 Å². The molecule has 2 N–H and O–H groups in total. The van der Waals surface area contributed by atoms with Crippen LogP contribution in [0, 0.1) is 0 Å². The van der Waals surface area contributed by atoms with Gasteiger partial charge in [-0.3, -0.25) is 15.0 Å². The Balaban J connectivity index is 0.00000280. The van der Waals surface area contributed by atoms with Gasteiger partial charge in [0, 0.05) is 26.0 Å². The molecule has 0 radical (unpaired) electrons. The lowest BCUT2D eigenvalue weighted by atomic mass is 10.2. The zero-order chi connectivity index (χ0) is 18.7. The van der Waals surface area contributed by atoms with Crippen molar-refractivity contribution < 1.29 is 4.74 Å². The lowest BCUT2D eigenvalue weighted by molar-refractivity contribution is 0.301. The highest BCUT2D eigenvalue weighted by Crippen LogP contribution is 2.14. The molecule has 3 rings (SSSR count). The van der Waals surface area contributed by atoms with Gasteiger partial charge in [0.2, 0.25) is 0 Å². The second-order valence-corrected chi connectivity index (χ2v) is 5.86. The predicted octanol–water partition coefficient (Wildman–Crippen LogP) is 3.54. The summed E-state index contributed by atoms with van der Waals surface area (Å²) >= 11 is 0. The molecule has 0 unspecified atom stereocenters. The molecule has 28 heavy (non-hydrogen) atoms. The molecule has 0 bridgehead atoms. The maximum Gasteiger partial charge on any atom is 0.191 e. The third-order valence-corrected chi connectivity index (χ3v) is 3.86. The van der Waals surface area contributed by atoms with Gasteiger partial charge in [0.25, 0.3) is 0 Å². The van der Waals surface area contributed by atoms with Crippen molar-refractivity contribution in [3.8, 4) is 5.75 Å². The van der Waals surface area contributed by atoms with E-state index in [2.05, 4.69) is 25.6 Å². The molecule has 2 aromatic heterocycles. The van der Waals surface area contributed by atoms with Gasteiger partial charge in [0.05, 0.1) is 17.9 Å². The number of aliphatic imine (C=N–C) groups is 1. The van der Waals surface area contributed by atoms with E-state index >= 15 is 0 Å². The highest BCUT2D eigenvalue weighted by Gasteiger charge is 2.02. The number of nitrogens with one attached hydrogen (secondary N) is 2. The minimum absolute atomic E-state index is 0. The number of ether oxygens (including phenoxy) is 1. The summed E-state index contributed by atoms with van der Waals surface area (Å²) in [5.41, 5.74) is 2.97. The van der Waals surface area contributed by atoms with E-state index in [0.29, 0.717) is 19.7 Å². The lowest BCUT2D eigenvalue weighted by Crippen LogP contribution is -2.36. The lowest BCUT2D eigenvalue weighted by Gasteiger charge is -2.12. The van der Waals surface area contributed by atoms with E-state index in [1.54, 1.807) is 19.4 Å². The van der Waals surface area contributed by atoms with Crippen LogP contribution >= 0.6 is 24.0 Å². The molecule has 2 heterocycles. The molecule has 1 aromatic carbocycles. The summed E-state index contributed by atoms with van der Waals surface area (Å²) in [6.45, 7) is 1.71. The summed E-state index contributed by atoms with van der Waals surface area (Å²) in [7, 11) is 1.75. The van der Waals surface area contributed by atoms with Crippen LogP contribution in [-0.4, -0.2) is 23.0 Å². The number of guanidine groups is 1. The van der Waals surface area contributed by atoms with Gasteiger partial charge in [-0.05, 0) is 42.0 Å². The molecule has 3 aromatic rings. The van der Waals surface area contributed by atoms with Gasteiger partial charge in [-0.15, -0.1) is 24.0 Å². The standard InChI is InChI=1S/C21H23N5O.HI/c1-22-21(26-15-18-8-2-4-11-23-18)25-14-17-7-6-10-20(13-17)27-16-19-9-3-5-12-24-19;/h2-13H,14-16H2,1H3,(H2,22,25,26);1H. The quantitative estimate of drug-likeness (QED) is 0.302. The van der Waals surface area contributed by atoms with Crippen LogP contribution in [0.4, 0.5) is 0 Å². The fraction of sp³-hybridized carbons (Fsp3) is 0.190. The first kappa shape index (κ1) is 21.6. The summed E-state index contributed by atoms with van der Waals surface area (Å²) in [4.78, 5) is 12.8. The molecule has 0 spiro atoms. The molecule has 146 valence electrons. The van der Waals surface area contributed by atoms with E-state index in [4.69, 9.17) is 4.74 Å². The molecule has 7 heteroatoms. The number of rotatable bonds is 7. The zero-order valence-electron chi connectivity index (χ0n) is 15.7. The zero-order valence-corrected chi connectivity index (χ0v) is 18.0. The first-order chi connectivity index (χ1) is 13.3. The molecule has 0 amide bonds. The Morgan fingerprint density at radius 1 is 0.893 bits per heavy atom. The Morgan fingerprint density at radius 2 is 1.61 bits per heavy atom. The van der Waals surface area contributed by atoms with Gasteiger partial charge in [0.1, 0.15) is 12.4 Å². The molecule has 0 fully saturated rings. The van der Waals surface area contributed by atoms with Crippen LogP contribution in [0.15, 0.2) is 78.0 Å². The molecular formula is C21H24IN5O. The largest absolute Gasteiger partial charge is 0.487 e. The van der Waals surface area contributed by atoms with Crippen molar-refractivity contribution in [3.63, 3.8) is 0 Å². The van der Waals surface area contributed by atoms with Crippen molar-refractivity contribution in [1.82, 2.24) is 20.6 Å². The fourth-order valence-corrected chi connectivity index (χ4v) is 2.47. The highest BCUT2D eigenvalue weighted by atomic mass is 127. The summed E-state index contributed by atoms with van der Waals surface area (Å²) < 4.78 is 5.83. The average Bonchev–Trinajstić information content (AvgIpc) is 2.74. The summed E-state index contributed by atoms with van der Waals surface area (Å²) in [6, 6.07) is 19.6. The molecule has 6 nitrogen and oxygen atoms in total. The van der Waals surface area contributed by atoms with Gasteiger partial charge in [-0.1, -0.05) is 24.3 Å². The first-order valence-electron chi connectivity index (χ1n) is 8.79. The Labute approximate surface area is 182 Å². The topological polar surface area (TPSA) is 71.4 Å². The van der Waals surface area contributed by atoms with Gasteiger partial charge in [-0.2, -0.15) is 0 Å². The van der Waals surface area contributed by atoms with Crippen molar-refractivity contribution in [2.45, 2.75) is 19.7 Å². The number of pyridine rings is 2. The minimum atomic E-state index is 0. The van der Waals surface area contributed by atoms with Crippen LogP contribution in [-0.2, 0) is 19.7 Å². The summed E-state index contributed by atoms with van der Waals surface area (Å²) in [6.07, 6.45) is 3.55. The van der Waals surface area contributed by atoms with Crippen LogP contribution in [0.25, 0.3) is 0 Å². The Hall–Kier alpha value is -2.68. The monoisotopic (exact) mass is 489 g/mol. The van der Waals surface area contributed by atoms with Crippen molar-refractivity contribution in [3.05, 3.63) is 90.0 Å². The van der Waals surface area contributed by atoms with Crippen LogP contribution in [0.5, 0.6) is 5.75 Å². The van der Waals surface area contributed by atoms with E-state index in [9.17, 15) is 0 Å². The fourth-order valence-electron chi connectivity index (χ4n) is 2.47. The van der Waals surface area contributed by atoms with E-state index in [1.165, 1.54) is 0 Å². The van der Waals surface area contributed by atoms with Crippen LogP contribution in [0.2, 0.25) is 0 Å². The summed E-state index contributed by atoms with van der Waals surface area (Å²) in [5, 5.41) is 6.55. The second kappa shape index (κ2) is 11.9. The summed E-state index contributed by atoms with van der Waals surface area (Å²) in [5.74, 6) is 1.54. The molecule has 0 aliphatic rings. The number of hydrogen-bond acceptors (Lipinski definition) is 4. The number of benzene rings is 1. The van der Waals surface area contributed by atoms with Crippen molar-refractivity contribution in [1.29, 1.82) is 0 Å². The SMILES string of the molecule is CN=C(NCc1cccc(OCc2ccccn2)c1)NCc1ccccn1.I. The average molecular weight is 489 g/mol. The predicted molar refractivity (Wildman–Crippen MR) is 122 cm³/mol. The van der Waals surface area contributed by atoms with E-state index in [0.717, 1.165) is 28.7 Å². The van der Waals surface area contributed by atoms with Crippen LogP contribution in [0.3, 0.4) is 0 Å². The molecule has 0 saturated carbocycles.